The first-order valence-electron chi connectivity index (χ1n) is 7.93. The maximum atomic E-state index is 12.2. The van der Waals surface area contributed by atoms with Gasteiger partial charge in [0.1, 0.15) is 0 Å². The van der Waals surface area contributed by atoms with Crippen LogP contribution in [0.5, 0.6) is 0 Å². The second kappa shape index (κ2) is 5.56. The van der Waals surface area contributed by atoms with Gasteiger partial charge in [-0.05, 0) is 48.4 Å². The Bertz CT molecular complexity index is 895. The molecule has 0 unspecified atom stereocenters. The first-order valence-corrected chi connectivity index (χ1v) is 7.93. The van der Waals surface area contributed by atoms with E-state index in [0.717, 1.165) is 35.1 Å². The highest BCUT2D eigenvalue weighted by atomic mass is 16.1. The van der Waals surface area contributed by atoms with Gasteiger partial charge in [0.15, 0.2) is 0 Å². The monoisotopic (exact) mass is 305 g/mol. The van der Waals surface area contributed by atoms with E-state index in [0.29, 0.717) is 6.54 Å². The molecule has 4 rings (SSSR count). The second-order valence-corrected chi connectivity index (χ2v) is 5.94. The van der Waals surface area contributed by atoms with Crippen LogP contribution in [0.25, 0.3) is 22.2 Å². The quantitative estimate of drug-likeness (QED) is 0.697. The van der Waals surface area contributed by atoms with E-state index in [1.54, 1.807) is 0 Å². The molecule has 3 aromatic rings. The molecule has 23 heavy (non-hydrogen) atoms. The van der Waals surface area contributed by atoms with Crippen molar-refractivity contribution in [2.45, 2.75) is 13.0 Å². The molecule has 1 aliphatic rings. The third kappa shape index (κ3) is 2.32. The van der Waals surface area contributed by atoms with Gasteiger partial charge >= 0.3 is 0 Å². The summed E-state index contributed by atoms with van der Waals surface area (Å²) in [6, 6.07) is 14.4. The van der Waals surface area contributed by atoms with Crippen molar-refractivity contribution >= 4 is 16.8 Å². The van der Waals surface area contributed by atoms with Crippen molar-refractivity contribution in [3.8, 4) is 11.3 Å². The van der Waals surface area contributed by atoms with Crippen LogP contribution in [0.3, 0.4) is 0 Å². The first kappa shape index (κ1) is 14.0. The van der Waals surface area contributed by atoms with Crippen LogP contribution in [0.2, 0.25) is 0 Å². The van der Waals surface area contributed by atoms with Gasteiger partial charge in [0.25, 0.3) is 5.91 Å². The Morgan fingerprint density at radius 3 is 2.91 bits per heavy atom. The highest BCUT2D eigenvalue weighted by Crippen LogP contribution is 2.34. The third-order valence-electron chi connectivity index (χ3n) is 4.43. The predicted molar refractivity (Wildman–Crippen MR) is 92.5 cm³/mol. The normalized spacial score (nSPS) is 13.9. The van der Waals surface area contributed by atoms with Gasteiger partial charge in [-0.2, -0.15) is 0 Å². The van der Waals surface area contributed by atoms with E-state index in [1.807, 2.05) is 25.2 Å². The summed E-state index contributed by atoms with van der Waals surface area (Å²) in [5, 5.41) is 7.24. The lowest BCUT2D eigenvalue weighted by Gasteiger charge is -2.06. The number of benzene rings is 2. The Morgan fingerprint density at radius 2 is 2.04 bits per heavy atom. The molecule has 2 heterocycles. The molecule has 3 N–H and O–H groups in total. The Hall–Kier alpha value is -2.59. The molecule has 4 heteroatoms. The number of hydrogen-bond donors (Lipinski definition) is 3. The summed E-state index contributed by atoms with van der Waals surface area (Å²) in [6.45, 7) is 1.51. The molecule has 0 radical (unpaired) electrons. The minimum absolute atomic E-state index is 0.0174. The second-order valence-electron chi connectivity index (χ2n) is 5.94. The van der Waals surface area contributed by atoms with Crippen molar-refractivity contribution in [2.75, 3.05) is 13.6 Å². The van der Waals surface area contributed by atoms with Crippen LogP contribution < -0.4 is 10.6 Å². The predicted octanol–water partition coefficient (Wildman–Crippen LogP) is 2.84. The van der Waals surface area contributed by atoms with Crippen molar-refractivity contribution in [3.05, 3.63) is 59.2 Å². The number of amides is 1. The highest BCUT2D eigenvalue weighted by Gasteiger charge is 2.21. The highest BCUT2D eigenvalue weighted by molar-refractivity contribution is 6.10. The standard InChI is InChI=1S/C19H19N3O/c1-20-11-12-4-2-5-13(10-12)18-14-8-9-21-19(23)15-6-3-7-16(22-18)17(14)15/h2-7,10,20,22H,8-9,11H2,1H3,(H,21,23). The molecule has 0 saturated carbocycles. The lowest BCUT2D eigenvalue weighted by atomic mass is 9.99. The summed E-state index contributed by atoms with van der Waals surface area (Å²) >= 11 is 0. The zero-order chi connectivity index (χ0) is 15.8. The van der Waals surface area contributed by atoms with Gasteiger partial charge in [0.2, 0.25) is 0 Å². The van der Waals surface area contributed by atoms with Gasteiger partial charge in [-0.3, -0.25) is 4.79 Å². The lowest BCUT2D eigenvalue weighted by Crippen LogP contribution is -2.23. The minimum atomic E-state index is 0.0174. The van der Waals surface area contributed by atoms with Crippen LogP contribution in [-0.4, -0.2) is 24.5 Å². The number of aromatic amines is 1. The molecule has 1 amide bonds. The van der Waals surface area contributed by atoms with Gasteiger partial charge in [-0.15, -0.1) is 0 Å². The van der Waals surface area contributed by atoms with Gasteiger partial charge in [-0.1, -0.05) is 24.3 Å². The molecule has 0 saturated heterocycles. The van der Waals surface area contributed by atoms with Crippen LogP contribution in [0.1, 0.15) is 21.5 Å². The topological polar surface area (TPSA) is 56.9 Å². The summed E-state index contributed by atoms with van der Waals surface area (Å²) in [6.07, 6.45) is 0.842. The Morgan fingerprint density at radius 1 is 1.17 bits per heavy atom. The Kier molecular flexibility index (Phi) is 3.39. The number of rotatable bonds is 3. The smallest absolute Gasteiger partial charge is 0.251 e. The molecule has 4 nitrogen and oxygen atoms in total. The van der Waals surface area contributed by atoms with Crippen LogP contribution in [-0.2, 0) is 13.0 Å². The molecule has 116 valence electrons. The molecular formula is C19H19N3O. The van der Waals surface area contributed by atoms with Gasteiger partial charge in [0.05, 0.1) is 0 Å². The van der Waals surface area contributed by atoms with Crippen molar-refractivity contribution < 1.29 is 4.79 Å². The number of carbonyl (C=O) groups is 1. The Labute approximate surface area is 134 Å². The van der Waals surface area contributed by atoms with Crippen LogP contribution in [0, 0.1) is 0 Å². The molecule has 0 bridgehead atoms. The summed E-state index contributed by atoms with van der Waals surface area (Å²) < 4.78 is 0. The zero-order valence-corrected chi connectivity index (χ0v) is 13.1. The molecule has 0 fully saturated rings. The van der Waals surface area contributed by atoms with E-state index >= 15 is 0 Å². The van der Waals surface area contributed by atoms with Crippen LogP contribution in [0.4, 0.5) is 0 Å². The van der Waals surface area contributed by atoms with Crippen molar-refractivity contribution in [1.29, 1.82) is 0 Å². The van der Waals surface area contributed by atoms with Crippen LogP contribution in [0.15, 0.2) is 42.5 Å². The minimum Gasteiger partial charge on any atom is -0.354 e. The van der Waals surface area contributed by atoms with E-state index in [1.165, 1.54) is 16.7 Å². The molecule has 0 spiro atoms. The van der Waals surface area contributed by atoms with Crippen molar-refractivity contribution in [3.63, 3.8) is 0 Å². The fraction of sp³-hybridized carbons (Fsp3) is 0.211. The largest absolute Gasteiger partial charge is 0.354 e. The molecule has 1 aromatic heterocycles. The van der Waals surface area contributed by atoms with Gasteiger partial charge in [-0.25, -0.2) is 0 Å². The summed E-state index contributed by atoms with van der Waals surface area (Å²) in [4.78, 5) is 15.8. The fourth-order valence-electron chi connectivity index (χ4n) is 3.44. The molecular weight excluding hydrogens is 286 g/mol. The maximum Gasteiger partial charge on any atom is 0.251 e. The maximum absolute atomic E-state index is 12.2. The van der Waals surface area contributed by atoms with Crippen molar-refractivity contribution in [2.24, 2.45) is 0 Å². The van der Waals surface area contributed by atoms with Gasteiger partial charge < -0.3 is 15.6 Å². The molecule has 0 atom stereocenters. The lowest BCUT2D eigenvalue weighted by molar-refractivity contribution is 0.0957. The number of aromatic nitrogens is 1. The van der Waals surface area contributed by atoms with E-state index in [4.69, 9.17) is 0 Å². The van der Waals surface area contributed by atoms with Crippen molar-refractivity contribution in [1.82, 2.24) is 15.6 Å². The number of hydrogen-bond acceptors (Lipinski definition) is 2. The van der Waals surface area contributed by atoms with Crippen LogP contribution >= 0.6 is 0 Å². The number of carbonyl (C=O) groups excluding carboxylic acids is 1. The Balaban J connectivity index is 1.94. The summed E-state index contributed by atoms with van der Waals surface area (Å²) in [5.41, 5.74) is 6.58. The van der Waals surface area contributed by atoms with E-state index in [-0.39, 0.29) is 5.91 Å². The fourth-order valence-corrected chi connectivity index (χ4v) is 3.44. The van der Waals surface area contributed by atoms with E-state index in [2.05, 4.69) is 39.9 Å². The molecule has 2 aromatic carbocycles. The van der Waals surface area contributed by atoms with E-state index in [9.17, 15) is 4.79 Å². The summed E-state index contributed by atoms with van der Waals surface area (Å²) in [7, 11) is 1.95. The van der Waals surface area contributed by atoms with Gasteiger partial charge in [0, 0.05) is 35.2 Å². The molecule has 1 aliphatic heterocycles. The number of H-pyrrole nitrogens is 1. The first-order chi connectivity index (χ1) is 11.3. The average molecular weight is 305 g/mol. The van der Waals surface area contributed by atoms with E-state index < -0.39 is 0 Å². The third-order valence-corrected chi connectivity index (χ3v) is 4.43. The average Bonchev–Trinajstić information content (AvgIpc) is 2.85. The summed E-state index contributed by atoms with van der Waals surface area (Å²) in [5.74, 6) is 0.0174. The number of nitrogens with one attached hydrogen (secondary N) is 3. The zero-order valence-electron chi connectivity index (χ0n) is 13.1. The molecule has 0 aliphatic carbocycles. The SMILES string of the molecule is CNCc1cccc(-c2[nH]c3cccc4c3c2CCNC4=O)c1.